The van der Waals surface area contributed by atoms with Gasteiger partial charge in [-0.25, -0.2) is 9.78 Å². The number of carbonyl (C=O) groups excluding carboxylic acids is 2. The number of rotatable bonds is 13. The number of nitrogens with zero attached hydrogens (tertiary/aromatic N) is 3. The molecule has 200 valence electrons. The van der Waals surface area contributed by atoms with E-state index < -0.39 is 5.60 Å². The molecule has 0 aliphatic carbocycles. The molecule has 2 aromatic carbocycles. The summed E-state index contributed by atoms with van der Waals surface area (Å²) < 4.78 is 13.0. The summed E-state index contributed by atoms with van der Waals surface area (Å²) in [6.07, 6.45) is 3.15. The van der Waals surface area contributed by atoms with E-state index >= 15 is 0 Å². The minimum atomic E-state index is -0.546. The van der Waals surface area contributed by atoms with Gasteiger partial charge in [0.1, 0.15) is 12.1 Å². The standard InChI is InChI=1S/C29H39N3O4S/c1-5-6-20-35-28(34)31(19-17-23-13-8-7-9-14-23)18-12-21-37-27-30-24-15-10-11-16-25(24)32(27)22-26(33)36-29(2,3)4/h7-11,13-16H,5-6,12,17-22H2,1-4H3. The minimum absolute atomic E-state index is 0.104. The van der Waals surface area contributed by atoms with Crippen LogP contribution in [0.5, 0.6) is 0 Å². The summed E-state index contributed by atoms with van der Waals surface area (Å²) in [4.78, 5) is 31.9. The lowest BCUT2D eigenvalue weighted by molar-refractivity contribution is -0.155. The third-order valence-electron chi connectivity index (χ3n) is 5.63. The Balaban J connectivity index is 1.62. The van der Waals surface area contributed by atoms with Gasteiger partial charge < -0.3 is 18.9 Å². The molecule has 1 aromatic heterocycles. The smallest absolute Gasteiger partial charge is 0.409 e. The van der Waals surface area contributed by atoms with Crippen LogP contribution in [0, 0.1) is 0 Å². The molecule has 0 aliphatic rings. The van der Waals surface area contributed by atoms with Crippen molar-refractivity contribution in [2.24, 2.45) is 0 Å². The van der Waals surface area contributed by atoms with Gasteiger partial charge in [-0.1, -0.05) is 67.6 Å². The fourth-order valence-electron chi connectivity index (χ4n) is 3.84. The van der Waals surface area contributed by atoms with Gasteiger partial charge in [0.15, 0.2) is 5.16 Å². The highest BCUT2D eigenvalue weighted by molar-refractivity contribution is 7.99. The number of imidazole rings is 1. The van der Waals surface area contributed by atoms with Crippen molar-refractivity contribution < 1.29 is 19.1 Å². The maximum atomic E-state index is 12.7. The van der Waals surface area contributed by atoms with Crippen LogP contribution in [0.2, 0.25) is 0 Å². The second kappa shape index (κ2) is 14.1. The molecule has 0 saturated heterocycles. The molecule has 37 heavy (non-hydrogen) atoms. The monoisotopic (exact) mass is 525 g/mol. The summed E-state index contributed by atoms with van der Waals surface area (Å²) in [6, 6.07) is 18.0. The number of ether oxygens (including phenoxy) is 2. The summed E-state index contributed by atoms with van der Waals surface area (Å²) in [7, 11) is 0. The van der Waals surface area contributed by atoms with Crippen LogP contribution in [0.25, 0.3) is 11.0 Å². The third-order valence-corrected chi connectivity index (χ3v) is 6.69. The first kappa shape index (κ1) is 28.6. The Morgan fingerprint density at radius 1 is 1.00 bits per heavy atom. The van der Waals surface area contributed by atoms with Crippen LogP contribution in [0.15, 0.2) is 59.8 Å². The summed E-state index contributed by atoms with van der Waals surface area (Å²) in [5, 5.41) is 0.772. The summed E-state index contributed by atoms with van der Waals surface area (Å²) in [6.45, 7) is 9.42. The van der Waals surface area contributed by atoms with E-state index in [1.165, 1.54) is 5.56 Å². The van der Waals surface area contributed by atoms with Gasteiger partial charge >= 0.3 is 12.1 Å². The summed E-state index contributed by atoms with van der Waals surface area (Å²) in [5.74, 6) is 0.459. The maximum absolute atomic E-state index is 12.7. The van der Waals surface area contributed by atoms with Gasteiger partial charge in [-0.2, -0.15) is 0 Å². The second-order valence-corrected chi connectivity index (χ2v) is 11.0. The van der Waals surface area contributed by atoms with Crippen molar-refractivity contribution in [3.8, 4) is 0 Å². The van der Waals surface area contributed by atoms with Crippen molar-refractivity contribution in [2.75, 3.05) is 25.4 Å². The van der Waals surface area contributed by atoms with E-state index in [0.29, 0.717) is 19.7 Å². The van der Waals surface area contributed by atoms with E-state index in [-0.39, 0.29) is 18.6 Å². The summed E-state index contributed by atoms with van der Waals surface area (Å²) in [5.41, 5.74) is 2.40. The molecule has 3 aromatic rings. The number of thioether (sulfide) groups is 1. The molecule has 1 heterocycles. The molecular weight excluding hydrogens is 486 g/mol. The van der Waals surface area contributed by atoms with Crippen LogP contribution in [-0.2, 0) is 27.2 Å². The van der Waals surface area contributed by atoms with Crippen LogP contribution in [0.3, 0.4) is 0 Å². The second-order valence-electron chi connectivity index (χ2n) is 9.95. The molecule has 0 bridgehead atoms. The van der Waals surface area contributed by atoms with Crippen LogP contribution in [-0.4, -0.2) is 57.6 Å². The Morgan fingerprint density at radius 3 is 2.46 bits per heavy atom. The SMILES string of the molecule is CCCCOC(=O)N(CCCSc1nc2ccccc2n1CC(=O)OC(C)(C)C)CCc1ccccc1. The largest absolute Gasteiger partial charge is 0.459 e. The molecule has 7 nitrogen and oxygen atoms in total. The minimum Gasteiger partial charge on any atom is -0.459 e. The molecule has 0 spiro atoms. The van der Waals surface area contributed by atoms with E-state index in [1.54, 1.807) is 16.7 Å². The number of unbranched alkanes of at least 4 members (excludes halogenated alkanes) is 1. The van der Waals surface area contributed by atoms with Gasteiger partial charge in [0, 0.05) is 18.8 Å². The van der Waals surface area contributed by atoms with Gasteiger partial charge in [-0.3, -0.25) is 4.79 Å². The Morgan fingerprint density at radius 2 is 1.73 bits per heavy atom. The Hall–Kier alpha value is -3.00. The molecular formula is C29H39N3O4S. The third kappa shape index (κ3) is 9.43. The molecule has 0 aliphatic heterocycles. The molecule has 0 fully saturated rings. The predicted molar refractivity (Wildman–Crippen MR) is 149 cm³/mol. The lowest BCUT2D eigenvalue weighted by Crippen LogP contribution is -2.34. The van der Waals surface area contributed by atoms with E-state index in [0.717, 1.165) is 47.6 Å². The average molecular weight is 526 g/mol. The van der Waals surface area contributed by atoms with E-state index in [2.05, 4.69) is 19.1 Å². The lowest BCUT2D eigenvalue weighted by Gasteiger charge is -2.22. The number of para-hydroxylation sites is 2. The molecule has 0 atom stereocenters. The number of amides is 1. The van der Waals surface area contributed by atoms with Gasteiger partial charge in [0.05, 0.1) is 17.6 Å². The molecule has 0 radical (unpaired) electrons. The Bertz CT molecular complexity index is 1140. The van der Waals surface area contributed by atoms with Gasteiger partial charge in [-0.05, 0) is 57.7 Å². The number of hydrogen-bond acceptors (Lipinski definition) is 6. The van der Waals surface area contributed by atoms with Gasteiger partial charge in [-0.15, -0.1) is 0 Å². The topological polar surface area (TPSA) is 73.7 Å². The highest BCUT2D eigenvalue weighted by Gasteiger charge is 2.20. The highest BCUT2D eigenvalue weighted by atomic mass is 32.2. The molecule has 0 unspecified atom stereocenters. The number of fused-ring (bicyclic) bond motifs is 1. The zero-order chi connectivity index (χ0) is 26.7. The first-order valence-corrected chi connectivity index (χ1v) is 14.0. The predicted octanol–water partition coefficient (Wildman–Crippen LogP) is 6.34. The van der Waals surface area contributed by atoms with Crippen molar-refractivity contribution in [3.05, 3.63) is 60.2 Å². The molecule has 0 N–H and O–H groups in total. The van der Waals surface area contributed by atoms with E-state index in [9.17, 15) is 9.59 Å². The van der Waals surface area contributed by atoms with Gasteiger partial charge in [0.25, 0.3) is 0 Å². The molecule has 0 saturated carbocycles. The summed E-state index contributed by atoms with van der Waals surface area (Å²) >= 11 is 1.59. The van der Waals surface area contributed by atoms with Crippen molar-refractivity contribution in [2.45, 2.75) is 70.7 Å². The Labute approximate surface area is 224 Å². The van der Waals surface area contributed by atoms with Crippen molar-refractivity contribution in [3.63, 3.8) is 0 Å². The maximum Gasteiger partial charge on any atom is 0.409 e. The fourth-order valence-corrected chi connectivity index (χ4v) is 4.77. The van der Waals surface area contributed by atoms with E-state index in [1.807, 2.05) is 67.8 Å². The first-order valence-electron chi connectivity index (χ1n) is 13.0. The average Bonchev–Trinajstić information content (AvgIpc) is 3.20. The normalized spacial score (nSPS) is 11.5. The molecule has 8 heteroatoms. The highest BCUT2D eigenvalue weighted by Crippen LogP contribution is 2.25. The number of hydrogen-bond donors (Lipinski definition) is 0. The van der Waals surface area contributed by atoms with Crippen molar-refractivity contribution in [1.82, 2.24) is 14.5 Å². The molecule has 1 amide bonds. The van der Waals surface area contributed by atoms with Crippen molar-refractivity contribution in [1.29, 1.82) is 0 Å². The lowest BCUT2D eigenvalue weighted by atomic mass is 10.1. The first-order chi connectivity index (χ1) is 17.8. The number of carbonyl (C=O) groups is 2. The Kier molecular flexibility index (Phi) is 10.9. The fraction of sp³-hybridized carbons (Fsp3) is 0.483. The van der Waals surface area contributed by atoms with Crippen molar-refractivity contribution >= 4 is 34.9 Å². The van der Waals surface area contributed by atoms with Gasteiger partial charge in [0.2, 0.25) is 0 Å². The number of aromatic nitrogens is 2. The van der Waals surface area contributed by atoms with Crippen LogP contribution < -0.4 is 0 Å². The van der Waals surface area contributed by atoms with Crippen LogP contribution in [0.4, 0.5) is 4.79 Å². The van der Waals surface area contributed by atoms with Crippen LogP contribution >= 0.6 is 11.8 Å². The van der Waals surface area contributed by atoms with E-state index in [4.69, 9.17) is 14.5 Å². The number of benzene rings is 2. The zero-order valence-corrected chi connectivity index (χ0v) is 23.3. The molecule has 3 rings (SSSR count). The number of esters is 1. The van der Waals surface area contributed by atoms with Crippen LogP contribution in [0.1, 0.15) is 52.5 Å². The zero-order valence-electron chi connectivity index (χ0n) is 22.4. The quantitative estimate of drug-likeness (QED) is 0.147.